The molecular weight excluding hydrogens is 262 g/mol. The summed E-state index contributed by atoms with van der Waals surface area (Å²) >= 11 is 0. The van der Waals surface area contributed by atoms with Crippen LogP contribution in [0.15, 0.2) is 31.1 Å². The van der Waals surface area contributed by atoms with Crippen molar-refractivity contribution < 1.29 is 4.79 Å². The van der Waals surface area contributed by atoms with Crippen LogP contribution in [0.1, 0.15) is 10.4 Å². The Morgan fingerprint density at radius 3 is 2.65 bits per heavy atom. The van der Waals surface area contributed by atoms with E-state index in [1.165, 1.54) is 23.4 Å². The normalized spacial score (nSPS) is 10.6. The molecule has 3 heterocycles. The summed E-state index contributed by atoms with van der Waals surface area (Å²) in [5.74, 6) is -0.0993. The fraction of sp³-hybridized carbons (Fsp3) is 0. The van der Waals surface area contributed by atoms with Crippen molar-refractivity contribution in [2.75, 3.05) is 5.73 Å². The Balaban J connectivity index is 2.07. The van der Waals surface area contributed by atoms with Crippen molar-refractivity contribution in [3.63, 3.8) is 0 Å². The number of anilines is 1. The summed E-state index contributed by atoms with van der Waals surface area (Å²) in [5, 5.41) is 3.95. The molecule has 0 saturated heterocycles. The molecule has 0 aromatic carbocycles. The minimum absolute atomic E-state index is 0.0230. The van der Waals surface area contributed by atoms with Gasteiger partial charge in [-0.05, 0) is 0 Å². The number of hydrogen-bond donors (Lipinski definition) is 2. The van der Waals surface area contributed by atoms with Gasteiger partial charge >= 0.3 is 0 Å². The molecule has 0 fully saturated rings. The first-order valence-electron chi connectivity index (χ1n) is 5.48. The molecule has 0 radical (unpaired) electrons. The van der Waals surface area contributed by atoms with Gasteiger partial charge in [0.25, 0.3) is 11.9 Å². The van der Waals surface area contributed by atoms with Gasteiger partial charge in [0, 0.05) is 18.6 Å². The monoisotopic (exact) mass is 271 g/mol. The van der Waals surface area contributed by atoms with E-state index in [1.54, 1.807) is 17.0 Å². The van der Waals surface area contributed by atoms with Crippen LogP contribution in [0.5, 0.6) is 0 Å². The van der Waals surface area contributed by atoms with Gasteiger partial charge in [-0.1, -0.05) is 0 Å². The average Bonchev–Trinajstić information content (AvgIpc) is 3.10. The zero-order valence-corrected chi connectivity index (χ0v) is 10.1. The Hall–Kier alpha value is -3.30. The highest BCUT2D eigenvalue weighted by Gasteiger charge is 2.11. The Kier molecular flexibility index (Phi) is 2.60. The minimum atomic E-state index is -0.590. The largest absolute Gasteiger partial charge is 0.368 e. The summed E-state index contributed by atoms with van der Waals surface area (Å²) in [4.78, 5) is 27.1. The summed E-state index contributed by atoms with van der Waals surface area (Å²) in [6.07, 6.45) is 7.50. The molecule has 0 saturated carbocycles. The highest BCUT2D eigenvalue weighted by atomic mass is 16.1. The first kappa shape index (κ1) is 11.8. The lowest BCUT2D eigenvalue weighted by Crippen LogP contribution is -2.11. The second-order valence-corrected chi connectivity index (χ2v) is 3.80. The molecule has 0 aliphatic carbocycles. The molecule has 3 aromatic rings. The van der Waals surface area contributed by atoms with Crippen LogP contribution in [0.2, 0.25) is 0 Å². The maximum atomic E-state index is 11.0. The SMILES string of the molecule is NC(=O)c1cnn(-c2nc(N)nc(-n3ccnc3)n2)c1. The van der Waals surface area contributed by atoms with Crippen LogP contribution in [-0.4, -0.2) is 40.2 Å². The first-order valence-corrected chi connectivity index (χ1v) is 5.48. The van der Waals surface area contributed by atoms with Crippen molar-refractivity contribution in [2.24, 2.45) is 5.73 Å². The van der Waals surface area contributed by atoms with E-state index in [0.717, 1.165) is 0 Å². The van der Waals surface area contributed by atoms with Gasteiger partial charge in [-0.25, -0.2) is 9.67 Å². The van der Waals surface area contributed by atoms with E-state index < -0.39 is 5.91 Å². The standard InChI is InChI=1S/C10H9N9O/c11-7(20)6-3-14-19(4-6)10-16-8(12)15-9(17-10)18-2-1-13-5-18/h1-5H,(H2,11,20)(H2,12,15,16,17). The van der Waals surface area contributed by atoms with Crippen molar-refractivity contribution >= 4 is 11.9 Å². The fourth-order valence-electron chi connectivity index (χ4n) is 1.52. The van der Waals surface area contributed by atoms with E-state index in [2.05, 4.69) is 25.0 Å². The van der Waals surface area contributed by atoms with Crippen LogP contribution in [0, 0.1) is 0 Å². The van der Waals surface area contributed by atoms with Gasteiger partial charge in [-0.3, -0.25) is 9.36 Å². The molecule has 3 aromatic heterocycles. The topological polar surface area (TPSA) is 143 Å². The summed E-state index contributed by atoms with van der Waals surface area (Å²) in [6.45, 7) is 0. The molecule has 10 heteroatoms. The van der Waals surface area contributed by atoms with Crippen LogP contribution in [0.4, 0.5) is 5.95 Å². The number of amides is 1. The number of nitrogens with two attached hydrogens (primary N) is 2. The van der Waals surface area contributed by atoms with E-state index in [4.69, 9.17) is 11.5 Å². The lowest BCUT2D eigenvalue weighted by Gasteiger charge is -2.04. The number of hydrogen-bond acceptors (Lipinski definition) is 7. The Labute approximate surface area is 112 Å². The van der Waals surface area contributed by atoms with Crippen LogP contribution < -0.4 is 11.5 Å². The molecule has 0 unspecified atom stereocenters. The highest BCUT2D eigenvalue weighted by molar-refractivity contribution is 5.92. The molecule has 0 spiro atoms. The van der Waals surface area contributed by atoms with Gasteiger partial charge in [0.1, 0.15) is 6.33 Å². The molecule has 0 atom stereocenters. The summed E-state index contributed by atoms with van der Waals surface area (Å²) < 4.78 is 2.86. The van der Waals surface area contributed by atoms with Crippen LogP contribution in [-0.2, 0) is 0 Å². The van der Waals surface area contributed by atoms with Crippen LogP contribution >= 0.6 is 0 Å². The third kappa shape index (κ3) is 2.05. The predicted molar refractivity (Wildman–Crippen MR) is 67.0 cm³/mol. The quantitative estimate of drug-likeness (QED) is 0.616. The molecule has 0 bridgehead atoms. The smallest absolute Gasteiger partial charge is 0.257 e. The predicted octanol–water partition coefficient (Wildman–Crippen LogP) is -1.08. The third-order valence-corrected chi connectivity index (χ3v) is 2.44. The van der Waals surface area contributed by atoms with Crippen molar-refractivity contribution in [1.82, 2.24) is 34.3 Å². The van der Waals surface area contributed by atoms with Crippen molar-refractivity contribution in [3.8, 4) is 11.9 Å². The first-order chi connectivity index (χ1) is 9.63. The number of carbonyl (C=O) groups excluding carboxylic acids is 1. The van der Waals surface area contributed by atoms with Gasteiger partial charge in [0.2, 0.25) is 11.9 Å². The fourth-order valence-corrected chi connectivity index (χ4v) is 1.52. The molecule has 100 valence electrons. The molecule has 1 amide bonds. The van der Waals surface area contributed by atoms with E-state index >= 15 is 0 Å². The number of rotatable bonds is 3. The van der Waals surface area contributed by atoms with Gasteiger partial charge in [-0.15, -0.1) is 0 Å². The maximum Gasteiger partial charge on any atom is 0.257 e. The Morgan fingerprint density at radius 2 is 2.00 bits per heavy atom. The highest BCUT2D eigenvalue weighted by Crippen LogP contribution is 2.07. The number of aromatic nitrogens is 7. The lowest BCUT2D eigenvalue weighted by atomic mass is 10.4. The molecule has 10 nitrogen and oxygen atoms in total. The number of nitrogens with zero attached hydrogens (tertiary/aromatic N) is 7. The third-order valence-electron chi connectivity index (χ3n) is 2.44. The zero-order valence-electron chi connectivity index (χ0n) is 10.1. The summed E-state index contributed by atoms with van der Waals surface area (Å²) in [6, 6.07) is 0. The second kappa shape index (κ2) is 4.42. The second-order valence-electron chi connectivity index (χ2n) is 3.80. The van der Waals surface area contributed by atoms with E-state index in [1.807, 2.05) is 0 Å². The molecule has 0 aliphatic heterocycles. The minimum Gasteiger partial charge on any atom is -0.368 e. The number of nitrogen functional groups attached to an aromatic ring is 1. The van der Waals surface area contributed by atoms with Gasteiger partial charge in [0.15, 0.2) is 0 Å². The molecular formula is C10H9N9O. The van der Waals surface area contributed by atoms with Crippen LogP contribution in [0.25, 0.3) is 11.9 Å². The van der Waals surface area contributed by atoms with E-state index in [0.29, 0.717) is 5.95 Å². The number of carbonyl (C=O) groups is 1. The maximum absolute atomic E-state index is 11.0. The Bertz CT molecular complexity index is 761. The van der Waals surface area contributed by atoms with E-state index in [9.17, 15) is 4.79 Å². The van der Waals surface area contributed by atoms with Gasteiger partial charge in [-0.2, -0.15) is 20.1 Å². The van der Waals surface area contributed by atoms with Crippen LogP contribution in [0.3, 0.4) is 0 Å². The molecule has 0 aliphatic rings. The van der Waals surface area contributed by atoms with Crippen molar-refractivity contribution in [3.05, 3.63) is 36.7 Å². The van der Waals surface area contributed by atoms with Crippen molar-refractivity contribution in [2.45, 2.75) is 0 Å². The molecule has 20 heavy (non-hydrogen) atoms. The average molecular weight is 271 g/mol. The van der Waals surface area contributed by atoms with Gasteiger partial charge in [0.05, 0.1) is 11.8 Å². The summed E-state index contributed by atoms with van der Waals surface area (Å²) in [5.41, 5.74) is 11.0. The molecule has 3 rings (SSSR count). The summed E-state index contributed by atoms with van der Waals surface area (Å²) in [7, 11) is 0. The Morgan fingerprint density at radius 1 is 1.20 bits per heavy atom. The lowest BCUT2D eigenvalue weighted by molar-refractivity contribution is 0.100. The van der Waals surface area contributed by atoms with Crippen molar-refractivity contribution in [1.29, 1.82) is 0 Å². The number of primary amides is 1. The number of imidazole rings is 1. The molecule has 4 N–H and O–H groups in total. The van der Waals surface area contributed by atoms with E-state index in [-0.39, 0.29) is 17.5 Å². The zero-order chi connectivity index (χ0) is 14.1. The van der Waals surface area contributed by atoms with Gasteiger partial charge < -0.3 is 11.5 Å².